The van der Waals surface area contributed by atoms with E-state index in [9.17, 15) is 9.59 Å². The van der Waals surface area contributed by atoms with Crippen molar-refractivity contribution >= 4 is 28.8 Å². The second kappa shape index (κ2) is 9.77. The molecule has 176 valence electrons. The molecule has 3 aromatic carbocycles. The van der Waals surface area contributed by atoms with E-state index in [-0.39, 0.29) is 24.3 Å². The molecule has 2 heterocycles. The average Bonchev–Trinajstić information content (AvgIpc) is 3.47. The summed E-state index contributed by atoms with van der Waals surface area (Å²) in [5.41, 5.74) is 4.63. The number of ether oxygens (including phenoxy) is 2. The van der Waals surface area contributed by atoms with Crippen LogP contribution >= 0.6 is 0 Å². The molecular weight excluding hydrogens is 442 g/mol. The van der Waals surface area contributed by atoms with Crippen molar-refractivity contribution in [2.24, 2.45) is 0 Å². The summed E-state index contributed by atoms with van der Waals surface area (Å²) >= 11 is 0. The number of aromatic nitrogens is 1. The van der Waals surface area contributed by atoms with Crippen molar-refractivity contribution in [3.05, 3.63) is 101 Å². The van der Waals surface area contributed by atoms with Gasteiger partial charge in [-0.25, -0.2) is 0 Å². The second-order valence-corrected chi connectivity index (χ2v) is 8.27. The predicted octanol–water partition coefficient (Wildman–Crippen LogP) is 4.33. The maximum Gasteiger partial charge on any atom is 0.267 e. The second-order valence-electron chi connectivity index (χ2n) is 8.27. The number of hydrogen-bond acceptors (Lipinski definition) is 4. The maximum atomic E-state index is 13.2. The third kappa shape index (κ3) is 4.89. The molecule has 0 radical (unpaired) electrons. The summed E-state index contributed by atoms with van der Waals surface area (Å²) in [6, 6.07) is 22.3. The molecule has 0 saturated heterocycles. The molecule has 0 saturated carbocycles. The van der Waals surface area contributed by atoms with Crippen molar-refractivity contribution < 1.29 is 19.1 Å². The lowest BCUT2D eigenvalue weighted by Crippen LogP contribution is -2.35. The van der Waals surface area contributed by atoms with Gasteiger partial charge in [0.1, 0.15) is 5.70 Å². The van der Waals surface area contributed by atoms with Gasteiger partial charge in [0.25, 0.3) is 11.8 Å². The molecule has 7 heteroatoms. The molecule has 2 amide bonds. The lowest BCUT2D eigenvalue weighted by molar-refractivity contribution is -0.117. The Balaban J connectivity index is 1.34. The van der Waals surface area contributed by atoms with Crippen LogP contribution in [0.5, 0.6) is 11.5 Å². The van der Waals surface area contributed by atoms with Crippen molar-refractivity contribution in [3.63, 3.8) is 0 Å². The first-order valence-electron chi connectivity index (χ1n) is 11.4. The van der Waals surface area contributed by atoms with Crippen molar-refractivity contribution in [2.45, 2.75) is 13.3 Å². The van der Waals surface area contributed by atoms with E-state index in [2.05, 4.69) is 21.7 Å². The number of nitrogens with one attached hydrogen (secondary N) is 3. The molecule has 3 N–H and O–H groups in total. The number of carbonyl (C=O) groups is 2. The summed E-state index contributed by atoms with van der Waals surface area (Å²) in [5.74, 6) is 0.517. The fraction of sp³-hybridized carbons (Fsp3) is 0.143. The van der Waals surface area contributed by atoms with Gasteiger partial charge in [0, 0.05) is 28.7 Å². The van der Waals surface area contributed by atoms with Gasteiger partial charge in [-0.15, -0.1) is 0 Å². The van der Waals surface area contributed by atoms with E-state index >= 15 is 0 Å². The van der Waals surface area contributed by atoms with E-state index in [0.29, 0.717) is 35.6 Å². The van der Waals surface area contributed by atoms with E-state index in [4.69, 9.17) is 9.47 Å². The molecule has 0 unspecified atom stereocenters. The van der Waals surface area contributed by atoms with Crippen LogP contribution in [0.4, 0.5) is 0 Å². The number of para-hydroxylation sites is 1. The fourth-order valence-corrected chi connectivity index (χ4v) is 4.17. The monoisotopic (exact) mass is 467 g/mol. The maximum absolute atomic E-state index is 13.2. The lowest BCUT2D eigenvalue weighted by Gasteiger charge is -2.12. The molecule has 0 spiro atoms. The first-order valence-corrected chi connectivity index (χ1v) is 11.4. The molecule has 0 fully saturated rings. The highest BCUT2D eigenvalue weighted by Gasteiger charge is 2.17. The zero-order valence-corrected chi connectivity index (χ0v) is 19.3. The molecule has 0 bridgehead atoms. The number of aryl methyl sites for hydroxylation is 1. The van der Waals surface area contributed by atoms with E-state index < -0.39 is 0 Å². The SMILES string of the molecule is Cc1[nH]c2ccccc2c1CCNC(=O)C(=Cc1ccc2c(c1)OCO2)NC(=O)c1ccccc1. The first kappa shape index (κ1) is 22.3. The summed E-state index contributed by atoms with van der Waals surface area (Å²) in [4.78, 5) is 29.4. The van der Waals surface area contributed by atoms with Crippen LogP contribution in [0.1, 0.15) is 27.2 Å². The van der Waals surface area contributed by atoms with Gasteiger partial charge >= 0.3 is 0 Å². The number of fused-ring (bicyclic) bond motifs is 2. The number of carbonyl (C=O) groups excluding carboxylic acids is 2. The lowest BCUT2D eigenvalue weighted by atomic mass is 10.1. The Kier molecular flexibility index (Phi) is 6.22. The highest BCUT2D eigenvalue weighted by Crippen LogP contribution is 2.33. The Morgan fingerprint density at radius 3 is 2.60 bits per heavy atom. The molecular formula is C28H25N3O4. The minimum atomic E-state index is -0.371. The number of rotatable bonds is 7. The third-order valence-corrected chi connectivity index (χ3v) is 5.92. The van der Waals surface area contributed by atoms with Crippen LogP contribution in [0.25, 0.3) is 17.0 Å². The zero-order chi connectivity index (χ0) is 24.2. The smallest absolute Gasteiger partial charge is 0.267 e. The van der Waals surface area contributed by atoms with Gasteiger partial charge in [-0.1, -0.05) is 42.5 Å². The third-order valence-electron chi connectivity index (χ3n) is 5.92. The Morgan fingerprint density at radius 1 is 0.971 bits per heavy atom. The van der Waals surface area contributed by atoms with Gasteiger partial charge in [0.2, 0.25) is 6.79 Å². The van der Waals surface area contributed by atoms with Gasteiger partial charge in [-0.2, -0.15) is 0 Å². The average molecular weight is 468 g/mol. The number of benzene rings is 3. The van der Waals surface area contributed by atoms with Gasteiger partial charge in [-0.05, 0) is 60.9 Å². The number of amides is 2. The number of H-pyrrole nitrogens is 1. The van der Waals surface area contributed by atoms with Gasteiger partial charge in [0.15, 0.2) is 11.5 Å². The molecule has 5 rings (SSSR count). The molecule has 35 heavy (non-hydrogen) atoms. The van der Waals surface area contributed by atoms with Crippen LogP contribution in [0.2, 0.25) is 0 Å². The standard InChI is InChI=1S/C28H25N3O4/c1-18-21(22-9-5-6-10-23(22)30-18)13-14-29-28(33)24(31-27(32)20-7-3-2-4-8-20)15-19-11-12-25-26(16-19)35-17-34-25/h2-12,15-16,30H,13-14,17H2,1H3,(H,29,33)(H,31,32). The molecule has 0 atom stereocenters. The molecule has 1 aromatic heterocycles. The summed E-state index contributed by atoms with van der Waals surface area (Å²) in [6.45, 7) is 2.61. The van der Waals surface area contributed by atoms with Gasteiger partial charge in [0.05, 0.1) is 0 Å². The first-order chi connectivity index (χ1) is 17.1. The van der Waals surface area contributed by atoms with Crippen LogP contribution < -0.4 is 20.1 Å². The Bertz CT molecular complexity index is 1420. The van der Waals surface area contributed by atoms with E-state index in [1.807, 2.05) is 37.3 Å². The minimum Gasteiger partial charge on any atom is -0.454 e. The van der Waals surface area contributed by atoms with E-state index in [1.54, 1.807) is 42.5 Å². The van der Waals surface area contributed by atoms with Crippen molar-refractivity contribution in [1.82, 2.24) is 15.6 Å². The Morgan fingerprint density at radius 2 is 1.74 bits per heavy atom. The fourth-order valence-electron chi connectivity index (χ4n) is 4.17. The van der Waals surface area contributed by atoms with Crippen molar-refractivity contribution in [2.75, 3.05) is 13.3 Å². The van der Waals surface area contributed by atoms with Crippen molar-refractivity contribution in [1.29, 1.82) is 0 Å². The van der Waals surface area contributed by atoms with Crippen LogP contribution in [0.3, 0.4) is 0 Å². The van der Waals surface area contributed by atoms with E-state index in [1.165, 1.54) is 0 Å². The summed E-state index contributed by atoms with van der Waals surface area (Å²) in [6.07, 6.45) is 2.29. The molecule has 1 aliphatic heterocycles. The van der Waals surface area contributed by atoms with Crippen LogP contribution in [-0.2, 0) is 11.2 Å². The summed E-state index contributed by atoms with van der Waals surface area (Å²) < 4.78 is 10.8. The summed E-state index contributed by atoms with van der Waals surface area (Å²) in [7, 11) is 0. The van der Waals surface area contributed by atoms with Gasteiger partial charge < -0.3 is 25.1 Å². The topological polar surface area (TPSA) is 92.5 Å². The Hall–Kier alpha value is -4.52. The largest absolute Gasteiger partial charge is 0.454 e. The normalized spacial score (nSPS) is 12.5. The molecule has 1 aliphatic rings. The van der Waals surface area contributed by atoms with E-state index in [0.717, 1.165) is 22.2 Å². The number of hydrogen-bond donors (Lipinski definition) is 3. The molecule has 7 nitrogen and oxygen atoms in total. The highest BCUT2D eigenvalue weighted by atomic mass is 16.7. The Labute approximate surface area is 202 Å². The van der Waals surface area contributed by atoms with Gasteiger partial charge in [-0.3, -0.25) is 9.59 Å². The quantitative estimate of drug-likeness (QED) is 0.353. The minimum absolute atomic E-state index is 0.147. The zero-order valence-electron chi connectivity index (χ0n) is 19.3. The molecule has 4 aromatic rings. The summed E-state index contributed by atoms with van der Waals surface area (Å²) in [5, 5.41) is 6.86. The van der Waals surface area contributed by atoms with Crippen molar-refractivity contribution in [3.8, 4) is 11.5 Å². The highest BCUT2D eigenvalue weighted by molar-refractivity contribution is 6.05. The molecule has 0 aliphatic carbocycles. The van der Waals surface area contributed by atoms with Crippen LogP contribution in [0, 0.1) is 6.92 Å². The number of aromatic amines is 1. The van der Waals surface area contributed by atoms with Crippen LogP contribution in [-0.4, -0.2) is 30.1 Å². The van der Waals surface area contributed by atoms with Crippen LogP contribution in [0.15, 0.2) is 78.5 Å². The predicted molar refractivity (Wildman–Crippen MR) is 134 cm³/mol.